The molecular formula is C10H10FNO2. The summed E-state index contributed by atoms with van der Waals surface area (Å²) in [6, 6.07) is 5.57. The van der Waals surface area contributed by atoms with Crippen LogP contribution in [0.2, 0.25) is 0 Å². The van der Waals surface area contributed by atoms with E-state index in [1.54, 1.807) is 6.92 Å². The van der Waals surface area contributed by atoms with Gasteiger partial charge in [0, 0.05) is 12.5 Å². The summed E-state index contributed by atoms with van der Waals surface area (Å²) in [5.74, 6) is -0.346. The molecule has 0 aliphatic carbocycles. The molecular weight excluding hydrogens is 185 g/mol. The van der Waals surface area contributed by atoms with Crippen LogP contribution in [-0.4, -0.2) is 4.92 Å². The van der Waals surface area contributed by atoms with Gasteiger partial charge < -0.3 is 0 Å². The molecule has 0 unspecified atom stereocenters. The number of benzene rings is 1. The Balaban J connectivity index is 2.95. The van der Waals surface area contributed by atoms with Gasteiger partial charge >= 0.3 is 0 Å². The molecule has 1 aromatic rings. The Hall–Kier alpha value is -1.71. The van der Waals surface area contributed by atoms with Crippen LogP contribution >= 0.6 is 0 Å². The maximum atomic E-state index is 12.5. The highest BCUT2D eigenvalue weighted by molar-refractivity contribution is 5.50. The summed E-state index contributed by atoms with van der Waals surface area (Å²) < 4.78 is 12.5. The largest absolute Gasteiger partial charge is 0.259 e. The predicted octanol–water partition coefficient (Wildman–Crippen LogP) is 2.85. The Labute approximate surface area is 81.0 Å². The SMILES string of the molecule is CC/C(=C/c1ccc(F)cc1)[N+](=O)[O-]. The van der Waals surface area contributed by atoms with Crippen LogP contribution in [0.15, 0.2) is 30.0 Å². The van der Waals surface area contributed by atoms with Gasteiger partial charge in [-0.2, -0.15) is 0 Å². The standard InChI is InChI=1S/C10H10FNO2/c1-2-10(12(13)14)7-8-3-5-9(11)6-4-8/h3-7H,2H2,1H3/b10-7-. The van der Waals surface area contributed by atoms with Crippen LogP contribution in [0.1, 0.15) is 18.9 Å². The molecule has 0 spiro atoms. The minimum atomic E-state index is -0.427. The molecule has 1 aromatic carbocycles. The fourth-order valence-electron chi connectivity index (χ4n) is 1.04. The number of hydrogen-bond acceptors (Lipinski definition) is 2. The number of nitro groups is 1. The Kier molecular flexibility index (Phi) is 3.34. The van der Waals surface area contributed by atoms with Crippen LogP contribution in [0, 0.1) is 15.9 Å². The van der Waals surface area contributed by atoms with E-state index in [1.165, 1.54) is 30.3 Å². The van der Waals surface area contributed by atoms with Crippen molar-refractivity contribution >= 4 is 6.08 Å². The van der Waals surface area contributed by atoms with Crippen LogP contribution in [0.5, 0.6) is 0 Å². The van der Waals surface area contributed by atoms with Gasteiger partial charge in [-0.25, -0.2) is 4.39 Å². The topological polar surface area (TPSA) is 43.1 Å². The van der Waals surface area contributed by atoms with Crippen molar-refractivity contribution in [2.75, 3.05) is 0 Å². The van der Waals surface area contributed by atoms with E-state index in [2.05, 4.69) is 0 Å². The van der Waals surface area contributed by atoms with Gasteiger partial charge in [0.25, 0.3) is 0 Å². The van der Waals surface area contributed by atoms with Crippen molar-refractivity contribution in [1.29, 1.82) is 0 Å². The molecule has 0 atom stereocenters. The molecule has 4 heteroatoms. The van der Waals surface area contributed by atoms with E-state index in [4.69, 9.17) is 0 Å². The van der Waals surface area contributed by atoms with Crippen LogP contribution < -0.4 is 0 Å². The van der Waals surface area contributed by atoms with Gasteiger partial charge in [-0.1, -0.05) is 19.1 Å². The molecule has 0 saturated carbocycles. The maximum absolute atomic E-state index is 12.5. The Bertz CT molecular complexity index is 357. The lowest BCUT2D eigenvalue weighted by Gasteiger charge is -1.95. The second-order valence-corrected chi connectivity index (χ2v) is 2.80. The monoisotopic (exact) mass is 195 g/mol. The number of hydrogen-bond donors (Lipinski definition) is 0. The Morgan fingerprint density at radius 1 is 1.50 bits per heavy atom. The zero-order chi connectivity index (χ0) is 10.6. The molecule has 0 aliphatic rings. The van der Waals surface area contributed by atoms with Gasteiger partial charge in [0.15, 0.2) is 0 Å². The molecule has 74 valence electrons. The fraction of sp³-hybridized carbons (Fsp3) is 0.200. The quantitative estimate of drug-likeness (QED) is 0.549. The Morgan fingerprint density at radius 2 is 2.07 bits per heavy atom. The van der Waals surface area contributed by atoms with Crippen molar-refractivity contribution in [1.82, 2.24) is 0 Å². The molecule has 1 rings (SSSR count). The molecule has 0 bridgehead atoms. The third-order valence-corrected chi connectivity index (χ3v) is 1.80. The number of rotatable bonds is 3. The van der Waals surface area contributed by atoms with E-state index in [-0.39, 0.29) is 11.5 Å². The summed E-state index contributed by atoms with van der Waals surface area (Å²) in [6.07, 6.45) is 1.80. The summed E-state index contributed by atoms with van der Waals surface area (Å²) in [6.45, 7) is 1.71. The third kappa shape index (κ3) is 2.65. The molecule has 3 nitrogen and oxygen atoms in total. The molecule has 0 heterocycles. The first-order valence-electron chi connectivity index (χ1n) is 4.24. The van der Waals surface area contributed by atoms with Crippen molar-refractivity contribution < 1.29 is 9.31 Å². The second kappa shape index (κ2) is 4.50. The summed E-state index contributed by atoms with van der Waals surface area (Å²) in [5.41, 5.74) is 0.761. The first-order valence-corrected chi connectivity index (χ1v) is 4.24. The molecule has 0 aromatic heterocycles. The smallest absolute Gasteiger partial charge is 0.246 e. The maximum Gasteiger partial charge on any atom is 0.246 e. The predicted molar refractivity (Wildman–Crippen MR) is 51.7 cm³/mol. The van der Waals surface area contributed by atoms with E-state index in [0.717, 1.165) is 0 Å². The first-order chi connectivity index (χ1) is 6.63. The van der Waals surface area contributed by atoms with Crippen molar-refractivity contribution in [3.63, 3.8) is 0 Å². The van der Waals surface area contributed by atoms with Gasteiger partial charge in [-0.15, -0.1) is 0 Å². The molecule has 0 saturated heterocycles. The zero-order valence-corrected chi connectivity index (χ0v) is 7.74. The Morgan fingerprint density at radius 3 is 2.50 bits per heavy atom. The summed E-state index contributed by atoms with van der Waals surface area (Å²) in [5, 5.41) is 10.5. The van der Waals surface area contributed by atoms with Crippen molar-refractivity contribution in [2.45, 2.75) is 13.3 Å². The van der Waals surface area contributed by atoms with Crippen LogP contribution in [-0.2, 0) is 0 Å². The lowest BCUT2D eigenvalue weighted by Crippen LogP contribution is -1.96. The van der Waals surface area contributed by atoms with E-state index in [9.17, 15) is 14.5 Å². The van der Waals surface area contributed by atoms with Crippen molar-refractivity contribution in [3.8, 4) is 0 Å². The van der Waals surface area contributed by atoms with Gasteiger partial charge in [-0.05, 0) is 17.7 Å². The highest BCUT2D eigenvalue weighted by Gasteiger charge is 2.06. The van der Waals surface area contributed by atoms with Crippen LogP contribution in [0.3, 0.4) is 0 Å². The second-order valence-electron chi connectivity index (χ2n) is 2.80. The van der Waals surface area contributed by atoms with E-state index in [1.807, 2.05) is 0 Å². The van der Waals surface area contributed by atoms with E-state index >= 15 is 0 Å². The van der Waals surface area contributed by atoms with Gasteiger partial charge in [0.2, 0.25) is 5.70 Å². The normalized spacial score (nSPS) is 11.4. The average Bonchev–Trinajstić information content (AvgIpc) is 2.16. The van der Waals surface area contributed by atoms with Crippen LogP contribution in [0.25, 0.3) is 6.08 Å². The summed E-state index contributed by atoms with van der Waals surface area (Å²) >= 11 is 0. The van der Waals surface area contributed by atoms with Crippen LogP contribution in [0.4, 0.5) is 4.39 Å². The molecule has 14 heavy (non-hydrogen) atoms. The molecule has 0 fully saturated rings. The minimum absolute atomic E-state index is 0.122. The average molecular weight is 195 g/mol. The number of nitrogens with zero attached hydrogens (tertiary/aromatic N) is 1. The highest BCUT2D eigenvalue weighted by Crippen LogP contribution is 2.10. The fourth-order valence-corrected chi connectivity index (χ4v) is 1.04. The molecule has 0 amide bonds. The third-order valence-electron chi connectivity index (χ3n) is 1.80. The van der Waals surface area contributed by atoms with Crippen molar-refractivity contribution in [2.24, 2.45) is 0 Å². The zero-order valence-electron chi connectivity index (χ0n) is 7.74. The first kappa shape index (κ1) is 10.4. The lowest BCUT2D eigenvalue weighted by molar-refractivity contribution is -0.425. The van der Waals surface area contributed by atoms with Gasteiger partial charge in [0.1, 0.15) is 5.82 Å². The summed E-state index contributed by atoms with van der Waals surface area (Å²) in [4.78, 5) is 10.0. The van der Waals surface area contributed by atoms with Gasteiger partial charge in [-0.3, -0.25) is 10.1 Å². The molecule has 0 radical (unpaired) electrons. The van der Waals surface area contributed by atoms with Gasteiger partial charge in [0.05, 0.1) is 4.92 Å². The highest BCUT2D eigenvalue weighted by atomic mass is 19.1. The number of allylic oxidation sites excluding steroid dienone is 1. The minimum Gasteiger partial charge on any atom is -0.259 e. The summed E-state index contributed by atoms with van der Waals surface area (Å²) in [7, 11) is 0. The molecule has 0 aliphatic heterocycles. The molecule has 0 N–H and O–H groups in total. The van der Waals surface area contributed by atoms with E-state index in [0.29, 0.717) is 12.0 Å². The van der Waals surface area contributed by atoms with E-state index < -0.39 is 4.92 Å². The lowest BCUT2D eigenvalue weighted by atomic mass is 10.2. The number of halogens is 1. The van der Waals surface area contributed by atoms with Crippen molar-refractivity contribution in [3.05, 3.63) is 51.5 Å².